The Morgan fingerprint density at radius 2 is 1.81 bits per heavy atom. The molecular formula is C16H16Cl2O2S. The maximum atomic E-state index is 6.66. The first-order chi connectivity index (χ1) is 10.1. The molecule has 0 fully saturated rings. The summed E-state index contributed by atoms with van der Waals surface area (Å²) in [6.45, 7) is 0. The van der Waals surface area contributed by atoms with E-state index in [1.165, 1.54) is 23.3 Å². The normalized spacial score (nSPS) is 14.9. The molecule has 0 saturated carbocycles. The van der Waals surface area contributed by atoms with Crippen LogP contribution in [0.3, 0.4) is 0 Å². The zero-order valence-electron chi connectivity index (χ0n) is 11.9. The summed E-state index contributed by atoms with van der Waals surface area (Å²) in [5.41, 5.74) is 2.30. The number of aryl methyl sites for hydroxylation is 2. The summed E-state index contributed by atoms with van der Waals surface area (Å²) in [4.78, 5) is 2.61. The molecule has 21 heavy (non-hydrogen) atoms. The Kier molecular flexibility index (Phi) is 4.34. The average molecular weight is 343 g/mol. The van der Waals surface area contributed by atoms with Gasteiger partial charge in [-0.15, -0.1) is 22.9 Å². The summed E-state index contributed by atoms with van der Waals surface area (Å²) in [6, 6.07) is 5.84. The summed E-state index contributed by atoms with van der Waals surface area (Å²) in [6.07, 6.45) is 3.59. The van der Waals surface area contributed by atoms with E-state index in [1.807, 2.05) is 6.07 Å². The third kappa shape index (κ3) is 2.75. The molecule has 0 spiro atoms. The van der Waals surface area contributed by atoms with Crippen LogP contribution in [-0.2, 0) is 12.8 Å². The smallest absolute Gasteiger partial charge is 0.162 e. The maximum Gasteiger partial charge on any atom is 0.162 e. The van der Waals surface area contributed by atoms with Crippen LogP contribution in [0.25, 0.3) is 0 Å². The van der Waals surface area contributed by atoms with Gasteiger partial charge in [0.2, 0.25) is 0 Å². The van der Waals surface area contributed by atoms with Crippen molar-refractivity contribution in [1.29, 1.82) is 0 Å². The van der Waals surface area contributed by atoms with Gasteiger partial charge in [-0.2, -0.15) is 0 Å². The molecule has 2 nitrogen and oxygen atoms in total. The highest BCUT2D eigenvalue weighted by Gasteiger charge is 2.23. The SMILES string of the molecule is COc1cc(Cl)c(C(Cl)c2cc3c(s2)CCC3)cc1OC. The number of hydrogen-bond donors (Lipinski definition) is 0. The fourth-order valence-electron chi connectivity index (χ4n) is 2.69. The van der Waals surface area contributed by atoms with Gasteiger partial charge < -0.3 is 9.47 Å². The lowest BCUT2D eigenvalue weighted by Crippen LogP contribution is -1.97. The van der Waals surface area contributed by atoms with Crippen molar-refractivity contribution in [3.05, 3.63) is 44.1 Å². The summed E-state index contributed by atoms with van der Waals surface area (Å²) < 4.78 is 10.6. The van der Waals surface area contributed by atoms with Crippen LogP contribution in [-0.4, -0.2) is 14.2 Å². The van der Waals surface area contributed by atoms with Gasteiger partial charge in [-0.25, -0.2) is 0 Å². The van der Waals surface area contributed by atoms with Crippen LogP contribution in [0.2, 0.25) is 5.02 Å². The Morgan fingerprint density at radius 1 is 1.10 bits per heavy atom. The number of benzene rings is 1. The number of hydrogen-bond acceptors (Lipinski definition) is 3. The van der Waals surface area contributed by atoms with Crippen LogP contribution in [0.4, 0.5) is 0 Å². The Bertz CT molecular complexity index is 645. The zero-order chi connectivity index (χ0) is 15.0. The van der Waals surface area contributed by atoms with Gasteiger partial charge >= 0.3 is 0 Å². The van der Waals surface area contributed by atoms with E-state index in [-0.39, 0.29) is 5.38 Å². The molecular weight excluding hydrogens is 327 g/mol. The van der Waals surface area contributed by atoms with E-state index in [1.54, 1.807) is 31.6 Å². The summed E-state index contributed by atoms with van der Waals surface area (Å²) in [7, 11) is 3.20. The monoisotopic (exact) mass is 342 g/mol. The third-order valence-corrected chi connectivity index (χ3v) is 6.02. The van der Waals surface area contributed by atoms with Gasteiger partial charge in [0.1, 0.15) is 0 Å². The van der Waals surface area contributed by atoms with Crippen LogP contribution in [0, 0.1) is 0 Å². The highest BCUT2D eigenvalue weighted by molar-refractivity contribution is 7.12. The van der Waals surface area contributed by atoms with Gasteiger partial charge in [0.05, 0.1) is 19.6 Å². The lowest BCUT2D eigenvalue weighted by molar-refractivity contribution is 0.354. The van der Waals surface area contributed by atoms with E-state index < -0.39 is 0 Å². The molecule has 1 aliphatic carbocycles. The second-order valence-corrected chi connectivity index (χ2v) is 7.05. The van der Waals surface area contributed by atoms with Crippen molar-refractivity contribution < 1.29 is 9.47 Å². The largest absolute Gasteiger partial charge is 0.493 e. The van der Waals surface area contributed by atoms with Crippen LogP contribution in [0.15, 0.2) is 18.2 Å². The summed E-state index contributed by atoms with van der Waals surface area (Å²) in [5, 5.41) is 0.342. The highest BCUT2D eigenvalue weighted by Crippen LogP contribution is 2.44. The number of ether oxygens (including phenoxy) is 2. The zero-order valence-corrected chi connectivity index (χ0v) is 14.2. The molecule has 0 N–H and O–H groups in total. The lowest BCUT2D eigenvalue weighted by atomic mass is 10.1. The molecule has 1 aliphatic rings. The van der Waals surface area contributed by atoms with E-state index in [9.17, 15) is 0 Å². The van der Waals surface area contributed by atoms with Crippen molar-refractivity contribution >= 4 is 34.5 Å². The van der Waals surface area contributed by atoms with E-state index >= 15 is 0 Å². The predicted molar refractivity (Wildman–Crippen MR) is 88.6 cm³/mol. The van der Waals surface area contributed by atoms with Crippen molar-refractivity contribution in [1.82, 2.24) is 0 Å². The van der Waals surface area contributed by atoms with Gasteiger partial charge in [0.15, 0.2) is 11.5 Å². The maximum absolute atomic E-state index is 6.66. The Labute approximate surface area is 138 Å². The van der Waals surface area contributed by atoms with E-state index in [0.717, 1.165) is 16.9 Å². The number of thiophene rings is 1. The van der Waals surface area contributed by atoms with E-state index in [0.29, 0.717) is 16.5 Å². The number of halogens is 2. The highest BCUT2D eigenvalue weighted by atomic mass is 35.5. The summed E-state index contributed by atoms with van der Waals surface area (Å²) >= 11 is 14.8. The first kappa shape index (κ1) is 15.0. The molecule has 1 aromatic heterocycles. The van der Waals surface area contributed by atoms with E-state index in [4.69, 9.17) is 32.7 Å². The Morgan fingerprint density at radius 3 is 2.48 bits per heavy atom. The average Bonchev–Trinajstić information content (AvgIpc) is 3.07. The molecule has 0 saturated heterocycles. The molecule has 0 aliphatic heterocycles. The molecule has 0 bridgehead atoms. The molecule has 2 aromatic rings. The van der Waals surface area contributed by atoms with Crippen LogP contribution < -0.4 is 9.47 Å². The molecule has 5 heteroatoms. The molecule has 3 rings (SSSR count). The lowest BCUT2D eigenvalue weighted by Gasteiger charge is -2.14. The number of methoxy groups -OCH3 is 2. The van der Waals surface area contributed by atoms with Crippen molar-refractivity contribution in [3.63, 3.8) is 0 Å². The van der Waals surface area contributed by atoms with Gasteiger partial charge in [-0.05, 0) is 42.5 Å². The van der Waals surface area contributed by atoms with E-state index in [2.05, 4.69) is 6.07 Å². The van der Waals surface area contributed by atoms with Gasteiger partial charge in [0, 0.05) is 20.8 Å². The van der Waals surface area contributed by atoms with Crippen molar-refractivity contribution in [3.8, 4) is 11.5 Å². The van der Waals surface area contributed by atoms with Crippen molar-refractivity contribution in [2.24, 2.45) is 0 Å². The molecule has 1 heterocycles. The second-order valence-electron chi connectivity index (χ2n) is 5.04. The standard InChI is InChI=1S/C16H16Cl2O2S/c1-19-12-7-10(11(17)8-13(12)20-2)16(18)15-6-9-4-3-5-14(9)21-15/h6-8,16H,3-5H2,1-2H3. The van der Waals surface area contributed by atoms with Crippen LogP contribution >= 0.6 is 34.5 Å². The number of rotatable bonds is 4. The minimum absolute atomic E-state index is 0.257. The minimum atomic E-state index is -0.257. The Balaban J connectivity index is 1.98. The topological polar surface area (TPSA) is 18.5 Å². The Hall–Kier alpha value is -0.900. The van der Waals surface area contributed by atoms with Gasteiger partial charge in [0.25, 0.3) is 0 Å². The van der Waals surface area contributed by atoms with Gasteiger partial charge in [-0.1, -0.05) is 11.6 Å². The molecule has 112 valence electrons. The summed E-state index contributed by atoms with van der Waals surface area (Å²) in [5.74, 6) is 1.26. The molecule has 0 amide bonds. The van der Waals surface area contributed by atoms with Crippen LogP contribution in [0.1, 0.15) is 32.7 Å². The fourth-order valence-corrected chi connectivity index (χ4v) is 4.64. The predicted octanol–water partition coefficient (Wildman–Crippen LogP) is 5.24. The first-order valence-corrected chi connectivity index (χ1v) is 8.44. The molecule has 1 unspecified atom stereocenters. The fraction of sp³-hybridized carbons (Fsp3) is 0.375. The molecule has 1 atom stereocenters. The molecule has 0 radical (unpaired) electrons. The quantitative estimate of drug-likeness (QED) is 0.707. The van der Waals surface area contributed by atoms with Crippen molar-refractivity contribution in [2.75, 3.05) is 14.2 Å². The molecule has 1 aromatic carbocycles. The third-order valence-electron chi connectivity index (χ3n) is 3.79. The van der Waals surface area contributed by atoms with Gasteiger partial charge in [-0.3, -0.25) is 0 Å². The minimum Gasteiger partial charge on any atom is -0.493 e. The first-order valence-electron chi connectivity index (χ1n) is 6.81. The van der Waals surface area contributed by atoms with Crippen molar-refractivity contribution in [2.45, 2.75) is 24.6 Å². The van der Waals surface area contributed by atoms with Crippen LogP contribution in [0.5, 0.6) is 11.5 Å². The number of fused-ring (bicyclic) bond motifs is 1. The number of alkyl halides is 1. The second kappa shape index (κ2) is 6.07.